The van der Waals surface area contributed by atoms with Crippen LogP contribution in [0.5, 0.6) is 5.75 Å². The molecule has 0 aliphatic heterocycles. The average Bonchev–Trinajstić information content (AvgIpc) is 2.39. The van der Waals surface area contributed by atoms with Crippen molar-refractivity contribution in [2.45, 2.75) is 6.54 Å². The molecule has 5 heteroatoms. The van der Waals surface area contributed by atoms with Crippen LogP contribution in [0.25, 0.3) is 0 Å². The molecule has 88 valence electrons. The molecular weight excluding hydrogens is 221 g/mol. The van der Waals surface area contributed by atoms with Crippen molar-refractivity contribution >= 4 is 5.69 Å². The largest absolute Gasteiger partial charge is 0.494 e. The Kier molecular flexibility index (Phi) is 3.49. The molecule has 0 fully saturated rings. The fourth-order valence-electron chi connectivity index (χ4n) is 1.40. The van der Waals surface area contributed by atoms with Gasteiger partial charge < -0.3 is 10.1 Å². The smallest absolute Gasteiger partial charge is 0.165 e. The zero-order valence-electron chi connectivity index (χ0n) is 9.35. The summed E-state index contributed by atoms with van der Waals surface area (Å²) in [6.45, 7) is 0.579. The molecule has 0 aliphatic rings. The van der Waals surface area contributed by atoms with E-state index >= 15 is 0 Å². The molecule has 0 unspecified atom stereocenters. The minimum absolute atomic E-state index is 0.222. The predicted molar refractivity (Wildman–Crippen MR) is 62.3 cm³/mol. The number of nitrogens with one attached hydrogen (secondary N) is 1. The summed E-state index contributed by atoms with van der Waals surface area (Å²) in [5, 5.41) is 3.14. The van der Waals surface area contributed by atoms with Gasteiger partial charge in [0.15, 0.2) is 11.6 Å². The summed E-state index contributed by atoms with van der Waals surface area (Å²) in [4.78, 5) is 7.82. The SMILES string of the molecule is COc1cc(NCc2cncnc2)ccc1F. The highest BCUT2D eigenvalue weighted by Crippen LogP contribution is 2.21. The fourth-order valence-corrected chi connectivity index (χ4v) is 1.40. The van der Waals surface area contributed by atoms with Gasteiger partial charge in [0, 0.05) is 36.3 Å². The summed E-state index contributed by atoms with van der Waals surface area (Å²) in [5.41, 5.74) is 1.74. The molecule has 0 aliphatic carbocycles. The Balaban J connectivity index is 2.04. The molecule has 0 amide bonds. The molecule has 1 aromatic carbocycles. The number of benzene rings is 1. The van der Waals surface area contributed by atoms with E-state index in [0.717, 1.165) is 11.3 Å². The molecule has 1 N–H and O–H groups in total. The molecule has 2 rings (SSSR count). The van der Waals surface area contributed by atoms with Crippen LogP contribution in [0.3, 0.4) is 0 Å². The molecule has 0 saturated carbocycles. The van der Waals surface area contributed by atoms with Crippen LogP contribution in [0.1, 0.15) is 5.56 Å². The first-order valence-corrected chi connectivity index (χ1v) is 5.11. The molecule has 2 aromatic rings. The Hall–Kier alpha value is -2.17. The Morgan fingerprint density at radius 2 is 2.06 bits per heavy atom. The van der Waals surface area contributed by atoms with E-state index in [1.54, 1.807) is 24.5 Å². The molecule has 1 heterocycles. The highest BCUT2D eigenvalue weighted by Gasteiger charge is 2.03. The number of nitrogens with zero attached hydrogens (tertiary/aromatic N) is 2. The minimum atomic E-state index is -0.374. The zero-order valence-corrected chi connectivity index (χ0v) is 9.35. The van der Waals surface area contributed by atoms with Crippen LogP contribution in [0.4, 0.5) is 10.1 Å². The lowest BCUT2D eigenvalue weighted by molar-refractivity contribution is 0.387. The second kappa shape index (κ2) is 5.25. The summed E-state index contributed by atoms with van der Waals surface area (Å²) in [6.07, 6.45) is 4.92. The van der Waals surface area contributed by atoms with E-state index in [1.165, 1.54) is 19.5 Å². The third kappa shape index (κ3) is 2.90. The number of methoxy groups -OCH3 is 1. The fraction of sp³-hybridized carbons (Fsp3) is 0.167. The van der Waals surface area contributed by atoms with Gasteiger partial charge in [0.2, 0.25) is 0 Å². The van der Waals surface area contributed by atoms with E-state index in [9.17, 15) is 4.39 Å². The Labute approximate surface area is 98.5 Å². The molecular formula is C12H12FN3O. The topological polar surface area (TPSA) is 47.0 Å². The van der Waals surface area contributed by atoms with Gasteiger partial charge in [-0.3, -0.25) is 0 Å². The molecule has 0 bridgehead atoms. The second-order valence-electron chi connectivity index (χ2n) is 3.45. The van der Waals surface area contributed by atoms with Gasteiger partial charge in [0.05, 0.1) is 7.11 Å². The van der Waals surface area contributed by atoms with Crippen molar-refractivity contribution in [1.29, 1.82) is 0 Å². The third-order valence-corrected chi connectivity index (χ3v) is 2.26. The normalized spacial score (nSPS) is 10.0. The van der Waals surface area contributed by atoms with Crippen LogP contribution < -0.4 is 10.1 Å². The Bertz CT molecular complexity index is 490. The molecule has 17 heavy (non-hydrogen) atoms. The van der Waals surface area contributed by atoms with Gasteiger partial charge in [-0.15, -0.1) is 0 Å². The number of hydrogen-bond donors (Lipinski definition) is 1. The summed E-state index contributed by atoms with van der Waals surface area (Å²) in [7, 11) is 1.44. The van der Waals surface area contributed by atoms with Crippen molar-refractivity contribution in [3.63, 3.8) is 0 Å². The van der Waals surface area contributed by atoms with E-state index in [4.69, 9.17) is 4.74 Å². The van der Waals surface area contributed by atoms with Crippen molar-refractivity contribution in [2.75, 3.05) is 12.4 Å². The van der Waals surface area contributed by atoms with Crippen molar-refractivity contribution in [3.8, 4) is 5.75 Å². The maximum absolute atomic E-state index is 13.2. The number of halogens is 1. The van der Waals surface area contributed by atoms with Crippen molar-refractivity contribution in [3.05, 3.63) is 48.3 Å². The summed E-state index contributed by atoms with van der Waals surface area (Å²) in [5.74, 6) is -0.152. The average molecular weight is 233 g/mol. The molecule has 0 saturated heterocycles. The van der Waals surface area contributed by atoms with E-state index in [0.29, 0.717) is 6.54 Å². The second-order valence-corrected chi connectivity index (χ2v) is 3.45. The Morgan fingerprint density at radius 1 is 1.29 bits per heavy atom. The summed E-state index contributed by atoms with van der Waals surface area (Å²) in [6, 6.07) is 4.63. The van der Waals surface area contributed by atoms with Gasteiger partial charge in [0.25, 0.3) is 0 Å². The van der Waals surface area contributed by atoms with Crippen LogP contribution in [0.2, 0.25) is 0 Å². The molecule has 1 aromatic heterocycles. The molecule has 0 spiro atoms. The monoisotopic (exact) mass is 233 g/mol. The lowest BCUT2D eigenvalue weighted by atomic mass is 10.2. The van der Waals surface area contributed by atoms with Crippen LogP contribution >= 0.6 is 0 Å². The third-order valence-electron chi connectivity index (χ3n) is 2.26. The number of anilines is 1. The van der Waals surface area contributed by atoms with E-state index < -0.39 is 0 Å². The number of rotatable bonds is 4. The van der Waals surface area contributed by atoms with E-state index in [1.807, 2.05) is 0 Å². The van der Waals surface area contributed by atoms with Crippen molar-refractivity contribution < 1.29 is 9.13 Å². The highest BCUT2D eigenvalue weighted by atomic mass is 19.1. The molecule has 4 nitrogen and oxygen atoms in total. The van der Waals surface area contributed by atoms with E-state index in [2.05, 4.69) is 15.3 Å². The highest BCUT2D eigenvalue weighted by molar-refractivity contribution is 5.49. The number of hydrogen-bond acceptors (Lipinski definition) is 4. The van der Waals surface area contributed by atoms with Gasteiger partial charge in [-0.05, 0) is 12.1 Å². The number of aromatic nitrogens is 2. The van der Waals surface area contributed by atoms with Crippen LogP contribution in [-0.4, -0.2) is 17.1 Å². The lowest BCUT2D eigenvalue weighted by Crippen LogP contribution is -2.01. The first kappa shape index (κ1) is 11.3. The molecule has 0 radical (unpaired) electrons. The first-order chi connectivity index (χ1) is 8.29. The zero-order chi connectivity index (χ0) is 12.1. The minimum Gasteiger partial charge on any atom is -0.494 e. The Morgan fingerprint density at radius 3 is 2.76 bits per heavy atom. The van der Waals surface area contributed by atoms with Crippen LogP contribution in [-0.2, 0) is 6.54 Å². The predicted octanol–water partition coefficient (Wildman–Crippen LogP) is 2.24. The summed E-state index contributed by atoms with van der Waals surface area (Å²) >= 11 is 0. The quantitative estimate of drug-likeness (QED) is 0.879. The standard InChI is InChI=1S/C12H12FN3O/c1-17-12-4-10(2-3-11(12)13)16-7-9-5-14-8-15-6-9/h2-6,8,16H,7H2,1H3. The van der Waals surface area contributed by atoms with Gasteiger partial charge in [-0.1, -0.05) is 0 Å². The van der Waals surface area contributed by atoms with E-state index in [-0.39, 0.29) is 11.6 Å². The van der Waals surface area contributed by atoms with Crippen molar-refractivity contribution in [1.82, 2.24) is 9.97 Å². The van der Waals surface area contributed by atoms with Gasteiger partial charge >= 0.3 is 0 Å². The maximum atomic E-state index is 13.2. The number of ether oxygens (including phenoxy) is 1. The lowest BCUT2D eigenvalue weighted by Gasteiger charge is -2.08. The van der Waals surface area contributed by atoms with Gasteiger partial charge in [0.1, 0.15) is 6.33 Å². The van der Waals surface area contributed by atoms with Crippen LogP contribution in [0, 0.1) is 5.82 Å². The van der Waals surface area contributed by atoms with Gasteiger partial charge in [-0.25, -0.2) is 14.4 Å². The molecule has 0 atom stereocenters. The summed E-state index contributed by atoms with van der Waals surface area (Å²) < 4.78 is 18.1. The van der Waals surface area contributed by atoms with Gasteiger partial charge in [-0.2, -0.15) is 0 Å². The van der Waals surface area contributed by atoms with Crippen LogP contribution in [0.15, 0.2) is 36.9 Å². The first-order valence-electron chi connectivity index (χ1n) is 5.11. The van der Waals surface area contributed by atoms with Crippen molar-refractivity contribution in [2.24, 2.45) is 0 Å². The maximum Gasteiger partial charge on any atom is 0.165 e.